The van der Waals surface area contributed by atoms with E-state index in [2.05, 4.69) is 5.32 Å². The standard InChI is InChI=1S/C16H20N2O4.ClH/c19-16(15-9-17-5-7-20-15)18-6-1-2-12(18)11-3-4-13-14(8-11)22-10-21-13;/h3-4,8,12,15,17H,1-2,5-7,9-10H2;1H. The molecule has 2 atom stereocenters. The maximum Gasteiger partial charge on any atom is 0.253 e. The van der Waals surface area contributed by atoms with E-state index in [9.17, 15) is 4.79 Å². The highest BCUT2D eigenvalue weighted by Gasteiger charge is 2.35. The number of amides is 1. The molecule has 2 unspecified atom stereocenters. The Morgan fingerprint density at radius 2 is 2.13 bits per heavy atom. The molecule has 2 saturated heterocycles. The normalized spacial score (nSPS) is 26.0. The van der Waals surface area contributed by atoms with Crippen molar-refractivity contribution in [1.82, 2.24) is 10.2 Å². The highest BCUT2D eigenvalue weighted by Crippen LogP contribution is 2.39. The Kier molecular flexibility index (Phi) is 4.94. The summed E-state index contributed by atoms with van der Waals surface area (Å²) in [4.78, 5) is 14.7. The first kappa shape index (κ1) is 16.4. The van der Waals surface area contributed by atoms with Crippen LogP contribution < -0.4 is 14.8 Å². The van der Waals surface area contributed by atoms with Crippen LogP contribution >= 0.6 is 12.4 Å². The number of benzene rings is 1. The fraction of sp³-hybridized carbons (Fsp3) is 0.562. The van der Waals surface area contributed by atoms with E-state index >= 15 is 0 Å². The van der Waals surface area contributed by atoms with Crippen LogP contribution in [-0.2, 0) is 9.53 Å². The molecule has 1 aromatic carbocycles. The van der Waals surface area contributed by atoms with Crippen LogP contribution in [0.3, 0.4) is 0 Å². The van der Waals surface area contributed by atoms with Gasteiger partial charge in [-0.2, -0.15) is 0 Å². The molecule has 0 aromatic heterocycles. The summed E-state index contributed by atoms with van der Waals surface area (Å²) < 4.78 is 16.4. The maximum absolute atomic E-state index is 12.7. The van der Waals surface area contributed by atoms with Gasteiger partial charge < -0.3 is 24.4 Å². The van der Waals surface area contributed by atoms with Crippen LogP contribution in [0.2, 0.25) is 0 Å². The number of hydrogen-bond acceptors (Lipinski definition) is 5. The number of carbonyl (C=O) groups is 1. The van der Waals surface area contributed by atoms with Crippen LogP contribution in [0.15, 0.2) is 18.2 Å². The van der Waals surface area contributed by atoms with E-state index in [1.807, 2.05) is 23.1 Å². The molecule has 126 valence electrons. The van der Waals surface area contributed by atoms with Crippen molar-refractivity contribution in [2.45, 2.75) is 25.0 Å². The Bertz CT molecular complexity index is 577. The molecule has 0 aliphatic carbocycles. The number of hydrogen-bond donors (Lipinski definition) is 1. The van der Waals surface area contributed by atoms with Gasteiger partial charge in [-0.05, 0) is 30.5 Å². The van der Waals surface area contributed by atoms with E-state index in [1.54, 1.807) is 0 Å². The zero-order chi connectivity index (χ0) is 14.9. The van der Waals surface area contributed by atoms with Gasteiger partial charge in [0.05, 0.1) is 12.6 Å². The minimum atomic E-state index is -0.358. The number of halogens is 1. The van der Waals surface area contributed by atoms with Gasteiger partial charge in [-0.3, -0.25) is 4.79 Å². The van der Waals surface area contributed by atoms with Crippen molar-refractivity contribution in [3.8, 4) is 11.5 Å². The fourth-order valence-electron chi connectivity index (χ4n) is 3.41. The van der Waals surface area contributed by atoms with E-state index in [4.69, 9.17) is 14.2 Å². The summed E-state index contributed by atoms with van der Waals surface area (Å²) in [5.74, 6) is 1.64. The van der Waals surface area contributed by atoms with Crippen molar-refractivity contribution in [2.24, 2.45) is 0 Å². The highest BCUT2D eigenvalue weighted by atomic mass is 35.5. The second-order valence-electron chi connectivity index (χ2n) is 5.87. The van der Waals surface area contributed by atoms with Gasteiger partial charge in [0.2, 0.25) is 6.79 Å². The summed E-state index contributed by atoms with van der Waals surface area (Å²) in [6, 6.07) is 6.06. The van der Waals surface area contributed by atoms with Gasteiger partial charge in [-0.1, -0.05) is 6.07 Å². The third kappa shape index (κ3) is 3.11. The molecule has 1 amide bonds. The van der Waals surface area contributed by atoms with Crippen molar-refractivity contribution in [3.05, 3.63) is 23.8 Å². The molecule has 3 heterocycles. The summed E-state index contributed by atoms with van der Waals surface area (Å²) >= 11 is 0. The van der Waals surface area contributed by atoms with Crippen LogP contribution in [-0.4, -0.2) is 49.9 Å². The van der Waals surface area contributed by atoms with Crippen LogP contribution in [0, 0.1) is 0 Å². The first-order chi connectivity index (χ1) is 10.8. The third-order valence-electron chi connectivity index (χ3n) is 4.52. The molecule has 0 radical (unpaired) electrons. The molecule has 3 aliphatic rings. The van der Waals surface area contributed by atoms with E-state index in [-0.39, 0.29) is 37.3 Å². The molecular weight excluding hydrogens is 320 g/mol. The van der Waals surface area contributed by atoms with Crippen LogP contribution in [0.25, 0.3) is 0 Å². The van der Waals surface area contributed by atoms with Crippen LogP contribution in [0.4, 0.5) is 0 Å². The first-order valence-electron chi connectivity index (χ1n) is 7.85. The summed E-state index contributed by atoms with van der Waals surface area (Å²) in [7, 11) is 0. The topological polar surface area (TPSA) is 60.0 Å². The lowest BCUT2D eigenvalue weighted by atomic mass is 10.0. The summed E-state index contributed by atoms with van der Waals surface area (Å²) in [6.45, 7) is 3.07. The third-order valence-corrected chi connectivity index (χ3v) is 4.52. The van der Waals surface area contributed by atoms with E-state index in [1.165, 1.54) is 0 Å². The monoisotopic (exact) mass is 340 g/mol. The molecule has 0 bridgehead atoms. The Morgan fingerprint density at radius 3 is 2.96 bits per heavy atom. The van der Waals surface area contributed by atoms with Crippen molar-refractivity contribution in [2.75, 3.05) is 33.0 Å². The predicted octanol–water partition coefficient (Wildman–Crippen LogP) is 1.49. The molecule has 1 N–H and O–H groups in total. The first-order valence-corrected chi connectivity index (χ1v) is 7.85. The molecule has 7 heteroatoms. The zero-order valence-electron chi connectivity index (χ0n) is 12.8. The molecule has 1 aromatic rings. The van der Waals surface area contributed by atoms with Crippen molar-refractivity contribution >= 4 is 18.3 Å². The number of rotatable bonds is 2. The number of fused-ring (bicyclic) bond motifs is 1. The maximum atomic E-state index is 12.7. The largest absolute Gasteiger partial charge is 0.454 e. The molecule has 4 rings (SSSR count). The van der Waals surface area contributed by atoms with Gasteiger partial charge in [-0.15, -0.1) is 12.4 Å². The lowest BCUT2D eigenvalue weighted by molar-refractivity contribution is -0.146. The number of likely N-dealkylation sites (tertiary alicyclic amines) is 1. The van der Waals surface area contributed by atoms with Crippen molar-refractivity contribution in [3.63, 3.8) is 0 Å². The van der Waals surface area contributed by atoms with Gasteiger partial charge in [0.1, 0.15) is 6.10 Å². The van der Waals surface area contributed by atoms with Gasteiger partial charge in [-0.25, -0.2) is 0 Å². The number of ether oxygens (including phenoxy) is 3. The quantitative estimate of drug-likeness (QED) is 0.884. The van der Waals surface area contributed by atoms with Gasteiger partial charge in [0.25, 0.3) is 5.91 Å². The Balaban J connectivity index is 0.00000156. The minimum absolute atomic E-state index is 0. The van der Waals surface area contributed by atoms with Gasteiger partial charge >= 0.3 is 0 Å². The predicted molar refractivity (Wildman–Crippen MR) is 86.1 cm³/mol. The number of nitrogens with zero attached hydrogens (tertiary/aromatic N) is 1. The van der Waals surface area contributed by atoms with E-state index < -0.39 is 0 Å². The molecule has 0 spiro atoms. The summed E-state index contributed by atoms with van der Waals surface area (Å²) in [6.07, 6.45) is 1.64. The second-order valence-corrected chi connectivity index (χ2v) is 5.87. The molecule has 3 aliphatic heterocycles. The Morgan fingerprint density at radius 1 is 1.26 bits per heavy atom. The lowest BCUT2D eigenvalue weighted by Gasteiger charge is -2.31. The number of nitrogens with one attached hydrogen (secondary N) is 1. The summed E-state index contributed by atoms with van der Waals surface area (Å²) in [5, 5.41) is 3.22. The lowest BCUT2D eigenvalue weighted by Crippen LogP contribution is -2.49. The molecule has 6 nitrogen and oxygen atoms in total. The molecular formula is C16H21ClN2O4. The number of carbonyl (C=O) groups excluding carboxylic acids is 1. The molecule has 23 heavy (non-hydrogen) atoms. The Labute approximate surface area is 141 Å². The molecule has 0 saturated carbocycles. The van der Waals surface area contributed by atoms with Crippen LogP contribution in [0.1, 0.15) is 24.4 Å². The SMILES string of the molecule is Cl.O=C(C1CNCCO1)N1CCCC1c1ccc2c(c1)OCO2. The fourth-order valence-corrected chi connectivity index (χ4v) is 3.41. The second kappa shape index (κ2) is 6.95. The van der Waals surface area contributed by atoms with Crippen molar-refractivity contribution in [1.29, 1.82) is 0 Å². The average Bonchev–Trinajstić information content (AvgIpc) is 3.23. The highest BCUT2D eigenvalue weighted by molar-refractivity contribution is 5.85. The van der Waals surface area contributed by atoms with E-state index in [0.717, 1.165) is 43.0 Å². The van der Waals surface area contributed by atoms with Gasteiger partial charge in [0, 0.05) is 19.6 Å². The average molecular weight is 341 g/mol. The van der Waals surface area contributed by atoms with E-state index in [0.29, 0.717) is 13.2 Å². The minimum Gasteiger partial charge on any atom is -0.454 e. The summed E-state index contributed by atoms with van der Waals surface area (Å²) in [5.41, 5.74) is 1.11. The zero-order valence-corrected chi connectivity index (χ0v) is 13.6. The van der Waals surface area contributed by atoms with Gasteiger partial charge in [0.15, 0.2) is 11.5 Å². The smallest absolute Gasteiger partial charge is 0.253 e. The number of morpholine rings is 1. The molecule has 2 fully saturated rings. The van der Waals surface area contributed by atoms with Crippen molar-refractivity contribution < 1.29 is 19.0 Å². The van der Waals surface area contributed by atoms with Crippen LogP contribution in [0.5, 0.6) is 11.5 Å². The Hall–Kier alpha value is -1.50.